The van der Waals surface area contributed by atoms with Gasteiger partial charge in [0, 0.05) is 41.9 Å². The van der Waals surface area contributed by atoms with Gasteiger partial charge in [-0.05, 0) is 61.4 Å². The van der Waals surface area contributed by atoms with Gasteiger partial charge in [0.15, 0.2) is 0 Å². The van der Waals surface area contributed by atoms with Crippen LogP contribution in [0, 0.1) is 10.1 Å². The van der Waals surface area contributed by atoms with Gasteiger partial charge in [0.05, 0.1) is 20.9 Å². The number of amides is 1. The van der Waals surface area contributed by atoms with Crippen molar-refractivity contribution in [3.05, 3.63) is 69.9 Å². The molecule has 0 aliphatic carbocycles. The molecule has 0 saturated carbocycles. The lowest BCUT2D eigenvalue weighted by Crippen LogP contribution is -2.30. The van der Waals surface area contributed by atoms with Crippen molar-refractivity contribution in [1.29, 1.82) is 0 Å². The Labute approximate surface area is 234 Å². The number of benzene rings is 3. The van der Waals surface area contributed by atoms with Gasteiger partial charge in [0.1, 0.15) is 18.1 Å². The highest BCUT2D eigenvalue weighted by atomic mass is 35.5. The summed E-state index contributed by atoms with van der Waals surface area (Å²) < 4.78 is 30.1. The van der Waals surface area contributed by atoms with Gasteiger partial charge < -0.3 is 24.7 Å². The summed E-state index contributed by atoms with van der Waals surface area (Å²) in [6.45, 7) is 1.44. The Bertz CT molecular complexity index is 1760. The molecule has 14 heteroatoms. The number of nitro benzene ring substituents is 1. The van der Waals surface area contributed by atoms with E-state index in [1.165, 1.54) is 28.0 Å². The number of hydrogen-bond donors (Lipinski definition) is 3. The van der Waals surface area contributed by atoms with Gasteiger partial charge in [-0.15, -0.1) is 11.6 Å². The van der Waals surface area contributed by atoms with E-state index in [1.54, 1.807) is 6.07 Å². The van der Waals surface area contributed by atoms with Crippen LogP contribution in [-0.4, -0.2) is 74.0 Å². The minimum Gasteiger partial charge on any atom is -0.492 e. The summed E-state index contributed by atoms with van der Waals surface area (Å²) >= 11 is 6.29. The monoisotopic (exact) mass is 587 g/mol. The van der Waals surface area contributed by atoms with Crippen LogP contribution >= 0.6 is 11.6 Å². The van der Waals surface area contributed by atoms with Gasteiger partial charge in [-0.1, -0.05) is 11.0 Å². The molecule has 1 aliphatic rings. The zero-order chi connectivity index (χ0) is 28.8. The first kappa shape index (κ1) is 27.8. The van der Waals surface area contributed by atoms with Crippen molar-refractivity contribution < 1.29 is 28.1 Å². The van der Waals surface area contributed by atoms with Crippen molar-refractivity contribution in [2.45, 2.75) is 10.8 Å². The third kappa shape index (κ3) is 4.97. The number of H-pyrrole nitrogens is 1. The van der Waals surface area contributed by atoms with Gasteiger partial charge >= 0.3 is 0 Å². The number of likely N-dealkylation sites (N-methyl/N-ethyl adjacent to an activating group) is 1. The summed E-state index contributed by atoms with van der Waals surface area (Å²) in [7, 11) is -0.365. The number of fused-ring (bicyclic) bond motifs is 4. The van der Waals surface area contributed by atoms with Crippen molar-refractivity contribution in [3.8, 4) is 5.75 Å². The fraction of sp³-hybridized carbons (Fsp3) is 0.269. The molecule has 2 heterocycles. The molecule has 3 N–H and O–H groups in total. The molecule has 12 nitrogen and oxygen atoms in total. The molecule has 1 atom stereocenters. The summed E-state index contributed by atoms with van der Waals surface area (Å²) in [4.78, 5) is 32.6. The van der Waals surface area contributed by atoms with E-state index in [-0.39, 0.29) is 34.3 Å². The van der Waals surface area contributed by atoms with Crippen LogP contribution < -0.4 is 14.5 Å². The SMILES string of the molecule is CN(C)CCOc1ccc2[nH]c(C(=O)N3CC(CCl)c4c3cc([N+](=O)[O-])c3cc(S(=O)(=O)NO)ccc43)cc2c1. The maximum absolute atomic E-state index is 13.7. The van der Waals surface area contributed by atoms with Crippen LogP contribution in [0.5, 0.6) is 5.75 Å². The molecule has 1 amide bonds. The molecular formula is C26H26ClN5O7S. The number of ether oxygens (including phenoxy) is 1. The van der Waals surface area contributed by atoms with Crippen LogP contribution in [0.3, 0.4) is 0 Å². The molecule has 3 aromatic carbocycles. The van der Waals surface area contributed by atoms with Crippen molar-refractivity contribution in [2.75, 3.05) is 44.6 Å². The first-order chi connectivity index (χ1) is 19.0. The van der Waals surface area contributed by atoms with Crippen molar-refractivity contribution in [3.63, 3.8) is 0 Å². The first-order valence-electron chi connectivity index (χ1n) is 12.2. The van der Waals surface area contributed by atoms with Crippen LogP contribution in [0.25, 0.3) is 21.7 Å². The smallest absolute Gasteiger partial charge is 0.279 e. The van der Waals surface area contributed by atoms with E-state index in [0.717, 1.165) is 23.5 Å². The summed E-state index contributed by atoms with van der Waals surface area (Å²) in [5.74, 6) is 0.0456. The lowest BCUT2D eigenvalue weighted by atomic mass is 9.95. The number of sulfonamides is 1. The third-order valence-corrected chi connectivity index (χ3v) is 8.38. The number of nitrogens with one attached hydrogen (secondary N) is 2. The summed E-state index contributed by atoms with van der Waals surface area (Å²) in [5.41, 5.74) is 1.58. The van der Waals surface area contributed by atoms with Crippen LogP contribution in [0.15, 0.2) is 53.4 Å². The Balaban J connectivity index is 1.56. The molecule has 0 radical (unpaired) electrons. The van der Waals surface area contributed by atoms with Gasteiger partial charge in [0.25, 0.3) is 21.6 Å². The van der Waals surface area contributed by atoms with Crippen LogP contribution in [0.2, 0.25) is 0 Å². The van der Waals surface area contributed by atoms with E-state index >= 15 is 0 Å². The van der Waals surface area contributed by atoms with Gasteiger partial charge in [-0.2, -0.15) is 0 Å². The fourth-order valence-corrected chi connectivity index (χ4v) is 5.83. The number of halogens is 1. The predicted molar refractivity (Wildman–Crippen MR) is 150 cm³/mol. The minimum atomic E-state index is -4.27. The molecule has 5 rings (SSSR count). The summed E-state index contributed by atoms with van der Waals surface area (Å²) in [5, 5.41) is 22.3. The molecule has 210 valence electrons. The number of non-ortho nitro benzene ring substituents is 1. The third-order valence-electron chi connectivity index (χ3n) is 6.90. The number of aromatic nitrogens is 1. The van der Waals surface area contributed by atoms with E-state index in [0.29, 0.717) is 34.7 Å². The van der Waals surface area contributed by atoms with E-state index in [2.05, 4.69) is 4.98 Å². The van der Waals surface area contributed by atoms with E-state index in [1.807, 2.05) is 37.2 Å². The average Bonchev–Trinajstić information content (AvgIpc) is 3.53. The predicted octanol–water partition coefficient (Wildman–Crippen LogP) is 3.82. The maximum atomic E-state index is 13.7. The quantitative estimate of drug-likeness (QED) is 0.151. The zero-order valence-corrected chi connectivity index (χ0v) is 23.1. The molecule has 4 aromatic rings. The molecule has 0 bridgehead atoms. The lowest BCUT2D eigenvalue weighted by molar-refractivity contribution is -0.383. The molecule has 1 aliphatic heterocycles. The lowest BCUT2D eigenvalue weighted by Gasteiger charge is -2.17. The second-order valence-electron chi connectivity index (χ2n) is 9.74. The Morgan fingerprint density at radius 3 is 2.67 bits per heavy atom. The number of anilines is 1. The van der Waals surface area contributed by atoms with E-state index in [4.69, 9.17) is 21.5 Å². The number of hydrogen-bond acceptors (Lipinski definition) is 8. The molecule has 1 unspecified atom stereocenters. The average molecular weight is 588 g/mol. The van der Waals surface area contributed by atoms with E-state index in [9.17, 15) is 23.3 Å². The van der Waals surface area contributed by atoms with Crippen LogP contribution in [0.4, 0.5) is 11.4 Å². The molecular weight excluding hydrogens is 562 g/mol. The Morgan fingerprint density at radius 1 is 1.23 bits per heavy atom. The number of carbonyl (C=O) groups excluding carboxylic acids is 1. The second-order valence-corrected chi connectivity index (χ2v) is 11.7. The van der Waals surface area contributed by atoms with E-state index < -0.39 is 20.9 Å². The first-order valence-corrected chi connectivity index (χ1v) is 14.2. The zero-order valence-electron chi connectivity index (χ0n) is 21.5. The summed E-state index contributed by atoms with van der Waals surface area (Å²) in [6.07, 6.45) is 0. The maximum Gasteiger partial charge on any atom is 0.279 e. The normalized spacial score (nSPS) is 15.2. The van der Waals surface area contributed by atoms with Crippen LogP contribution in [0.1, 0.15) is 22.0 Å². The van der Waals surface area contributed by atoms with Gasteiger partial charge in [-0.3, -0.25) is 14.9 Å². The molecule has 0 saturated heterocycles. The Kier molecular flexibility index (Phi) is 7.42. The van der Waals surface area contributed by atoms with Crippen molar-refractivity contribution in [1.82, 2.24) is 14.8 Å². The highest BCUT2D eigenvalue weighted by Gasteiger charge is 2.37. The van der Waals surface area contributed by atoms with Gasteiger partial charge in [0.2, 0.25) is 0 Å². The standard InChI is InChI=1S/C26H26ClN5O7S/c1-30(2)7-8-39-17-3-6-21-15(9-17)10-22(28-21)26(33)31-14-16(13-27)25-19-5-4-18(40(37,38)29-34)11-20(19)23(32(35)36)12-24(25)31/h3-6,9-12,16,28-29,34H,7-8,13-14H2,1-2H3. The minimum absolute atomic E-state index is 0.0527. The number of aromatic amines is 1. The topological polar surface area (TPSA) is 158 Å². The van der Waals surface area contributed by atoms with Crippen LogP contribution in [-0.2, 0) is 10.0 Å². The molecule has 0 spiro atoms. The Hall–Kier alpha value is -3.75. The molecule has 1 aromatic heterocycles. The van der Waals surface area contributed by atoms with Crippen molar-refractivity contribution >= 4 is 60.6 Å². The number of nitrogens with zero attached hydrogens (tertiary/aromatic N) is 3. The number of carbonyl (C=O) groups is 1. The molecule has 0 fully saturated rings. The number of nitro groups is 1. The highest BCUT2D eigenvalue weighted by Crippen LogP contribution is 2.46. The Morgan fingerprint density at radius 2 is 2.00 bits per heavy atom. The van der Waals surface area contributed by atoms with Crippen molar-refractivity contribution in [2.24, 2.45) is 0 Å². The number of rotatable bonds is 9. The number of alkyl halides is 1. The largest absolute Gasteiger partial charge is 0.492 e. The van der Waals surface area contributed by atoms with Gasteiger partial charge in [-0.25, -0.2) is 8.42 Å². The summed E-state index contributed by atoms with van der Waals surface area (Å²) in [6, 6.07) is 12.2. The highest BCUT2D eigenvalue weighted by molar-refractivity contribution is 7.89. The second kappa shape index (κ2) is 10.7. The molecule has 40 heavy (non-hydrogen) atoms. The fourth-order valence-electron chi connectivity index (χ4n) is 4.95.